The number of ether oxygens (including phenoxy) is 2. The minimum atomic E-state index is -0.433. The lowest BCUT2D eigenvalue weighted by Gasteiger charge is -2.22. The molecule has 0 radical (unpaired) electrons. The maximum atomic E-state index is 13.3. The Labute approximate surface area is 209 Å². The number of hydrazone groups is 1. The Bertz CT molecular complexity index is 1250. The van der Waals surface area contributed by atoms with Crippen molar-refractivity contribution in [2.24, 2.45) is 11.0 Å². The molecule has 2 heterocycles. The molecule has 2 aliphatic rings. The van der Waals surface area contributed by atoms with Crippen LogP contribution in [0, 0.1) is 5.92 Å². The highest BCUT2D eigenvalue weighted by Gasteiger charge is 2.34. The fraction of sp³-hybridized carbons (Fsp3) is 0.321. The Morgan fingerprint density at radius 1 is 1.09 bits per heavy atom. The molecule has 0 fully saturated rings. The fourth-order valence-corrected chi connectivity index (χ4v) is 5.98. The Hall–Kier alpha value is -3.45. The van der Waals surface area contributed by atoms with E-state index in [0.29, 0.717) is 17.9 Å². The van der Waals surface area contributed by atoms with E-state index in [9.17, 15) is 9.59 Å². The third kappa shape index (κ3) is 4.86. The minimum Gasteiger partial charge on any atom is -0.497 e. The lowest BCUT2D eigenvalue weighted by molar-refractivity contribution is -0.136. The topological polar surface area (TPSA) is 68.2 Å². The van der Waals surface area contributed by atoms with Crippen LogP contribution in [0.3, 0.4) is 0 Å². The number of carbonyl (C=O) groups is 2. The maximum absolute atomic E-state index is 13.3. The Morgan fingerprint density at radius 3 is 2.60 bits per heavy atom. The van der Waals surface area contributed by atoms with Crippen LogP contribution < -0.4 is 4.74 Å². The maximum Gasteiger partial charge on any atom is 0.339 e. The van der Waals surface area contributed by atoms with E-state index in [2.05, 4.69) is 12.0 Å². The van der Waals surface area contributed by atoms with Gasteiger partial charge in [-0.3, -0.25) is 4.79 Å². The average Bonchev–Trinajstić information content (AvgIpc) is 3.52. The van der Waals surface area contributed by atoms with Gasteiger partial charge in [0.05, 0.1) is 24.4 Å². The van der Waals surface area contributed by atoms with Gasteiger partial charge in [-0.25, -0.2) is 9.80 Å². The molecular weight excluding hydrogens is 460 g/mol. The summed E-state index contributed by atoms with van der Waals surface area (Å²) < 4.78 is 10.8. The van der Waals surface area contributed by atoms with Crippen molar-refractivity contribution in [1.82, 2.24) is 5.01 Å². The predicted octanol–water partition coefficient (Wildman–Crippen LogP) is 5.42. The number of benzene rings is 2. The third-order valence-corrected chi connectivity index (χ3v) is 7.77. The Balaban J connectivity index is 1.33. The lowest BCUT2D eigenvalue weighted by atomic mass is 9.88. The molecule has 2 unspecified atom stereocenters. The van der Waals surface area contributed by atoms with Gasteiger partial charge in [-0.2, -0.15) is 5.10 Å². The van der Waals surface area contributed by atoms with Crippen LogP contribution in [0.2, 0.25) is 0 Å². The normalized spacial score (nSPS) is 19.1. The zero-order chi connectivity index (χ0) is 24.4. The van der Waals surface area contributed by atoms with Crippen molar-refractivity contribution in [3.63, 3.8) is 0 Å². The highest BCUT2D eigenvalue weighted by molar-refractivity contribution is 7.10. The van der Waals surface area contributed by atoms with Crippen molar-refractivity contribution in [3.8, 4) is 5.75 Å². The molecule has 1 aromatic heterocycles. The summed E-state index contributed by atoms with van der Waals surface area (Å²) in [6.45, 7) is 1.89. The highest BCUT2D eigenvalue weighted by atomic mass is 32.1. The van der Waals surface area contributed by atoms with Gasteiger partial charge in [0.25, 0.3) is 5.91 Å². The van der Waals surface area contributed by atoms with Crippen molar-refractivity contribution in [1.29, 1.82) is 0 Å². The van der Waals surface area contributed by atoms with Gasteiger partial charge in [-0.1, -0.05) is 49.4 Å². The van der Waals surface area contributed by atoms with E-state index in [0.717, 1.165) is 47.4 Å². The highest BCUT2D eigenvalue weighted by Crippen LogP contribution is 2.35. The molecule has 2 atom stereocenters. The summed E-state index contributed by atoms with van der Waals surface area (Å²) in [5, 5.41) is 7.99. The number of hydrogen-bond acceptors (Lipinski definition) is 6. The molecule has 7 heteroatoms. The third-order valence-electron chi connectivity index (χ3n) is 6.72. The molecule has 2 aromatic carbocycles. The first-order chi connectivity index (χ1) is 17.0. The van der Waals surface area contributed by atoms with Crippen molar-refractivity contribution in [2.45, 2.75) is 38.6 Å². The van der Waals surface area contributed by atoms with Crippen molar-refractivity contribution < 1.29 is 19.1 Å². The summed E-state index contributed by atoms with van der Waals surface area (Å²) in [5.74, 6) is 0.602. The van der Waals surface area contributed by atoms with E-state index < -0.39 is 5.97 Å². The first kappa shape index (κ1) is 23.3. The molecule has 180 valence electrons. The van der Waals surface area contributed by atoms with Crippen LogP contribution in [0.1, 0.15) is 57.7 Å². The van der Waals surface area contributed by atoms with Crippen molar-refractivity contribution in [2.75, 3.05) is 13.7 Å². The van der Waals surface area contributed by atoms with Gasteiger partial charge in [-0.05, 0) is 54.0 Å². The SMILES string of the molecule is COc1ccc(C2CC(c3ccccc3)=NN2C(=O)COC(=O)c2csc3c2CCC(C)C3)cc1. The number of esters is 1. The molecule has 6 nitrogen and oxygen atoms in total. The molecule has 35 heavy (non-hydrogen) atoms. The second kappa shape index (κ2) is 10.0. The first-order valence-corrected chi connectivity index (χ1v) is 12.8. The number of rotatable bonds is 6. The number of nitrogens with zero attached hydrogens (tertiary/aromatic N) is 2. The van der Waals surface area contributed by atoms with E-state index in [1.807, 2.05) is 60.0 Å². The van der Waals surface area contributed by atoms with Gasteiger partial charge in [0, 0.05) is 16.7 Å². The van der Waals surface area contributed by atoms with Crippen LogP contribution in [0.15, 0.2) is 65.1 Å². The van der Waals surface area contributed by atoms with Crippen LogP contribution in [0.4, 0.5) is 0 Å². The van der Waals surface area contributed by atoms with E-state index in [-0.39, 0.29) is 18.6 Å². The van der Waals surface area contributed by atoms with Gasteiger partial charge in [0.2, 0.25) is 0 Å². The van der Waals surface area contributed by atoms with Crippen molar-refractivity contribution >= 4 is 28.9 Å². The summed E-state index contributed by atoms with van der Waals surface area (Å²) in [6, 6.07) is 17.2. The molecule has 0 saturated carbocycles. The van der Waals surface area contributed by atoms with E-state index in [4.69, 9.17) is 9.47 Å². The van der Waals surface area contributed by atoms with Crippen LogP contribution >= 0.6 is 11.3 Å². The second-order valence-electron chi connectivity index (χ2n) is 9.12. The molecule has 5 rings (SSSR count). The quantitative estimate of drug-likeness (QED) is 0.435. The zero-order valence-corrected chi connectivity index (χ0v) is 20.7. The summed E-state index contributed by atoms with van der Waals surface area (Å²) in [6.07, 6.45) is 3.53. The monoisotopic (exact) mass is 488 g/mol. The van der Waals surface area contributed by atoms with Gasteiger partial charge in [0.15, 0.2) is 6.61 Å². The van der Waals surface area contributed by atoms with E-state index >= 15 is 0 Å². The summed E-state index contributed by atoms with van der Waals surface area (Å²) in [7, 11) is 1.62. The first-order valence-electron chi connectivity index (χ1n) is 11.9. The number of methoxy groups -OCH3 is 1. The minimum absolute atomic E-state index is 0.280. The molecule has 0 saturated heterocycles. The number of carbonyl (C=O) groups excluding carboxylic acids is 2. The van der Waals surface area contributed by atoms with Crippen molar-refractivity contribution in [3.05, 3.63) is 87.1 Å². The van der Waals surface area contributed by atoms with E-state index in [1.165, 1.54) is 9.89 Å². The predicted molar refractivity (Wildman–Crippen MR) is 136 cm³/mol. The van der Waals surface area contributed by atoms with Gasteiger partial charge >= 0.3 is 5.97 Å². The molecule has 3 aromatic rings. The van der Waals surface area contributed by atoms with Gasteiger partial charge < -0.3 is 9.47 Å². The number of amides is 1. The summed E-state index contributed by atoms with van der Waals surface area (Å²) in [4.78, 5) is 27.4. The molecular formula is C28H28N2O4S. The van der Waals surface area contributed by atoms with Crippen LogP contribution in [0.5, 0.6) is 5.75 Å². The molecule has 0 spiro atoms. The van der Waals surface area contributed by atoms with Gasteiger partial charge in [0.1, 0.15) is 5.75 Å². The number of hydrogen-bond donors (Lipinski definition) is 0. The largest absolute Gasteiger partial charge is 0.497 e. The lowest BCUT2D eigenvalue weighted by Crippen LogP contribution is -2.31. The smallest absolute Gasteiger partial charge is 0.339 e. The average molecular weight is 489 g/mol. The molecule has 1 amide bonds. The van der Waals surface area contributed by atoms with Crippen LogP contribution in [-0.2, 0) is 22.4 Å². The summed E-state index contributed by atoms with van der Waals surface area (Å²) in [5.41, 5.74) is 4.43. The van der Waals surface area contributed by atoms with Crippen LogP contribution in [0.25, 0.3) is 0 Å². The molecule has 1 aliphatic heterocycles. The fourth-order valence-electron chi connectivity index (χ4n) is 4.75. The Morgan fingerprint density at radius 2 is 1.86 bits per heavy atom. The number of fused-ring (bicyclic) bond motifs is 1. The standard InChI is InChI=1S/C28H28N2O4S/c1-18-8-13-22-23(17-35-26(22)14-18)28(32)34-16-27(31)30-25(20-9-11-21(33-2)12-10-20)15-24(29-30)19-6-4-3-5-7-19/h3-7,9-12,17-18,25H,8,13-16H2,1-2H3. The molecule has 0 N–H and O–H groups in total. The molecule has 1 aliphatic carbocycles. The second-order valence-corrected chi connectivity index (χ2v) is 10.1. The van der Waals surface area contributed by atoms with Crippen LogP contribution in [-0.4, -0.2) is 36.3 Å². The Kier molecular flexibility index (Phi) is 6.68. The molecule has 0 bridgehead atoms. The van der Waals surface area contributed by atoms with E-state index in [1.54, 1.807) is 18.4 Å². The summed E-state index contributed by atoms with van der Waals surface area (Å²) >= 11 is 1.61. The number of thiophene rings is 1. The zero-order valence-electron chi connectivity index (χ0n) is 19.9. The van der Waals surface area contributed by atoms with Gasteiger partial charge in [-0.15, -0.1) is 11.3 Å².